The van der Waals surface area contributed by atoms with Crippen LogP contribution in [0, 0.1) is 45.3 Å². The van der Waals surface area contributed by atoms with E-state index in [9.17, 15) is 45.0 Å². The maximum absolute atomic E-state index is 12.9. The Morgan fingerprint density at radius 2 is 0.681 bits per heavy atom. The predicted octanol–water partition coefficient (Wildman–Crippen LogP) is 3.08. The molecule has 0 saturated carbocycles. The maximum Gasteiger partial charge on any atom is 1.00 e. The van der Waals surface area contributed by atoms with Crippen LogP contribution in [-0.4, -0.2) is 80.9 Å². The third-order valence-corrected chi connectivity index (χ3v) is 17.9. The fraction of sp³-hybridized carbons (Fsp3) is 0.0706. The molecule has 31 heteroatoms. The standard InChI is InChI=1S/2C28H21N7O2.C28H19N7O.CH2O3.2K.H/c2*29-13-18-9-21-8-17(11-24(27(31)36)25(21)34-15-18)10-22-12-20(4-5-32-22)28(37)35-14-16-1-2-23-19(7-16)3-6-33-26(23)30;29-13-19-10-22-8-18(9-23(14-30)26(22)34-16-19)11-24-12-21(4-5-32-24)28(36)35-15-17-1-2-25-20(7-17)3-6-33-27(25)31;2-1-4-3;;;/h2*1-9,11-12,15H,10,14H2,(H2,30,33)(H2,31,36)(H,35,37);1-10,12,16H,11,15H2,(H2,31,33)(H,35,36);1,3H;;;/q;;;;2*+1;-1/p-1. The van der Waals surface area contributed by atoms with Gasteiger partial charge in [0.2, 0.25) is 0 Å². The Labute approximate surface area is 747 Å². The second kappa shape index (κ2) is 39.9. The van der Waals surface area contributed by atoms with Crippen LogP contribution >= 0.6 is 0 Å². The fourth-order valence-electron chi connectivity index (χ4n) is 12.6. The van der Waals surface area contributed by atoms with Crippen LogP contribution in [0.2, 0.25) is 0 Å². The molecule has 15 rings (SSSR count). The number of anilines is 3. The summed E-state index contributed by atoms with van der Waals surface area (Å²) in [6, 6.07) is 57.1. The molecule has 0 fully saturated rings. The van der Waals surface area contributed by atoms with E-state index in [2.05, 4.69) is 77.8 Å². The number of nitriles is 4. The first kappa shape index (κ1) is 85.1. The number of benzene rings is 6. The summed E-state index contributed by atoms with van der Waals surface area (Å²) in [5.74, 6) is -0.512. The molecule has 0 bridgehead atoms. The average molecular weight is 1580 g/mol. The number of aromatic nitrogens is 9. The summed E-state index contributed by atoms with van der Waals surface area (Å²) < 4.78 is 0. The fourth-order valence-corrected chi connectivity index (χ4v) is 12.6. The number of hydrogen-bond donors (Lipinski definition) is 8. The van der Waals surface area contributed by atoms with Crippen molar-refractivity contribution < 1.29 is 143 Å². The Kier molecular flexibility index (Phi) is 29.3. The van der Waals surface area contributed by atoms with Crippen LogP contribution in [0.15, 0.2) is 220 Å². The van der Waals surface area contributed by atoms with Gasteiger partial charge in [0.1, 0.15) is 41.7 Å². The van der Waals surface area contributed by atoms with Gasteiger partial charge in [0, 0.05) is 161 Å². The van der Waals surface area contributed by atoms with Crippen LogP contribution in [0.4, 0.5) is 17.5 Å². The van der Waals surface area contributed by atoms with Gasteiger partial charge < -0.3 is 56.2 Å². The molecule has 0 aliphatic heterocycles. The van der Waals surface area contributed by atoms with Gasteiger partial charge in [-0.15, -0.1) is 0 Å². The molecule has 116 heavy (non-hydrogen) atoms. The van der Waals surface area contributed by atoms with Gasteiger partial charge in [-0.25, -0.2) is 15.0 Å². The Hall–Kier alpha value is -13.4. The van der Waals surface area contributed by atoms with Crippen LogP contribution in [0.25, 0.3) is 65.0 Å². The van der Waals surface area contributed by atoms with E-state index in [4.69, 9.17) is 38.7 Å². The first-order valence-electron chi connectivity index (χ1n) is 34.6. The Balaban J connectivity index is 0.000000193. The molecular weight excluding hydrogens is 1520 g/mol. The zero-order valence-corrected chi connectivity index (χ0v) is 68.3. The number of carbonyl (C=O) groups excluding carboxylic acids is 6. The first-order valence-corrected chi connectivity index (χ1v) is 34.6. The summed E-state index contributed by atoms with van der Waals surface area (Å²) in [6.07, 6.45) is 15.1. The molecule has 0 spiro atoms. The van der Waals surface area contributed by atoms with E-state index in [0.717, 1.165) is 65.7 Å². The van der Waals surface area contributed by atoms with Crippen LogP contribution in [-0.2, 0) is 48.6 Å². The second-order valence-electron chi connectivity index (χ2n) is 25.6. The number of nitrogens with two attached hydrogens (primary N) is 5. The molecule has 15 aromatic rings. The van der Waals surface area contributed by atoms with Crippen molar-refractivity contribution in [1.82, 2.24) is 60.8 Å². The Bertz CT molecular complexity index is 6300. The number of primary amides is 2. The topological polar surface area (TPSA) is 512 Å². The van der Waals surface area contributed by atoms with Gasteiger partial charge in [-0.1, -0.05) is 36.4 Å². The molecule has 5 amide bonds. The first-order chi connectivity index (χ1) is 55.3. The molecule has 13 N–H and O–H groups in total. The summed E-state index contributed by atoms with van der Waals surface area (Å²) in [5.41, 5.74) is 41.0. The number of pyridine rings is 9. The van der Waals surface area contributed by atoms with Gasteiger partial charge in [-0.2, -0.15) is 21.0 Å². The summed E-state index contributed by atoms with van der Waals surface area (Å²) in [5, 5.41) is 61.8. The second-order valence-corrected chi connectivity index (χ2v) is 25.6. The molecule has 0 saturated heterocycles. The van der Waals surface area contributed by atoms with Crippen molar-refractivity contribution in [3.8, 4) is 24.3 Å². The van der Waals surface area contributed by atoms with Gasteiger partial charge in [0.15, 0.2) is 0 Å². The molecular formula is C85H63K2N21O8. The molecule has 9 aromatic heterocycles. The van der Waals surface area contributed by atoms with Crippen LogP contribution in [0.3, 0.4) is 0 Å². The SMILES string of the molecule is N#Cc1cnc2c(C#N)cc(Cc3cc(C(=O)NCc4ccc5c(N)nccc5c4)ccn3)cc2c1.N#Cc1cnc2c(C(N)=O)cc(Cc3cc(C(=O)NCc4ccc5c(N)nccc5c4)ccn3)cc2c1.N#Cc1cnc2c(C(N)=O)cc(Cc3cc(C(=O)NCc4ccc5c(N)nccc5c4)ccn3)cc2c1.O=CO[O-].[H-].[K+].[K+]. The van der Waals surface area contributed by atoms with E-state index in [1.807, 2.05) is 103 Å². The Morgan fingerprint density at radius 3 is 0.991 bits per heavy atom. The zero-order valence-electron chi connectivity index (χ0n) is 63.1. The smallest absolute Gasteiger partial charge is 1.00 e. The van der Waals surface area contributed by atoms with E-state index in [0.29, 0.717) is 145 Å². The van der Waals surface area contributed by atoms with E-state index < -0.39 is 11.8 Å². The summed E-state index contributed by atoms with van der Waals surface area (Å²) in [4.78, 5) is 112. The molecule has 0 aliphatic rings. The van der Waals surface area contributed by atoms with E-state index in [1.165, 1.54) is 18.6 Å². The number of carbonyl (C=O) groups is 6. The largest absolute Gasteiger partial charge is 1.00 e. The minimum Gasteiger partial charge on any atom is -1.00 e. The Morgan fingerprint density at radius 1 is 0.379 bits per heavy atom. The van der Waals surface area contributed by atoms with Crippen LogP contribution in [0.5, 0.6) is 0 Å². The third kappa shape index (κ3) is 21.3. The van der Waals surface area contributed by atoms with Gasteiger partial charge >= 0.3 is 103 Å². The van der Waals surface area contributed by atoms with Crippen molar-refractivity contribution in [2.75, 3.05) is 17.2 Å². The van der Waals surface area contributed by atoms with Crippen molar-refractivity contribution >= 4 is 118 Å². The molecule has 0 unspecified atom stereocenters. The zero-order chi connectivity index (χ0) is 80.4. The molecule has 0 radical (unpaired) electrons. The van der Waals surface area contributed by atoms with Crippen molar-refractivity contribution in [3.63, 3.8) is 0 Å². The van der Waals surface area contributed by atoms with Crippen molar-refractivity contribution in [2.45, 2.75) is 38.9 Å². The quantitative estimate of drug-likeness (QED) is 0.0265. The maximum atomic E-state index is 12.9. The number of fused-ring (bicyclic) bond motifs is 6. The molecule has 6 aromatic carbocycles. The summed E-state index contributed by atoms with van der Waals surface area (Å²) in [6.45, 7) is 0.865. The molecule has 558 valence electrons. The molecule has 29 nitrogen and oxygen atoms in total. The normalized spacial score (nSPS) is 10.4. The number of nitrogens with zero attached hydrogens (tertiary/aromatic N) is 13. The van der Waals surface area contributed by atoms with Crippen LogP contribution in [0.1, 0.15) is 126 Å². The number of hydrogen-bond acceptors (Lipinski definition) is 24. The number of amides is 5. The minimum atomic E-state index is -0.613. The van der Waals surface area contributed by atoms with Crippen molar-refractivity contribution in [2.24, 2.45) is 11.5 Å². The van der Waals surface area contributed by atoms with Crippen molar-refractivity contribution in [1.29, 1.82) is 21.0 Å². The van der Waals surface area contributed by atoms with Crippen LogP contribution < -0.4 is 153 Å². The summed E-state index contributed by atoms with van der Waals surface area (Å²) >= 11 is 0. The van der Waals surface area contributed by atoms with Gasteiger partial charge in [0.05, 0.1) is 49.9 Å². The number of rotatable bonds is 18. The van der Waals surface area contributed by atoms with Gasteiger partial charge in [-0.05, 0) is 177 Å². The number of nitrogen functional groups attached to an aromatic ring is 3. The average Bonchev–Trinajstić information content (AvgIpc) is 0.796. The van der Waals surface area contributed by atoms with E-state index in [1.54, 1.807) is 110 Å². The van der Waals surface area contributed by atoms with E-state index in [-0.39, 0.29) is 140 Å². The van der Waals surface area contributed by atoms with E-state index >= 15 is 0 Å². The third-order valence-electron chi connectivity index (χ3n) is 17.9. The monoisotopic (exact) mass is 1580 g/mol. The molecule has 0 aliphatic carbocycles. The summed E-state index contributed by atoms with van der Waals surface area (Å²) in [7, 11) is 0. The van der Waals surface area contributed by atoms with Crippen molar-refractivity contribution in [3.05, 3.63) is 320 Å². The molecule has 9 heterocycles. The molecule has 0 atom stereocenters. The van der Waals surface area contributed by atoms with Gasteiger partial charge in [-0.3, -0.25) is 58.7 Å². The predicted molar refractivity (Wildman–Crippen MR) is 422 cm³/mol. The van der Waals surface area contributed by atoms with Gasteiger partial charge in [0.25, 0.3) is 36.0 Å². The number of nitrogens with one attached hydrogen (secondary N) is 3. The minimum absolute atomic E-state index is 0.